The molecule has 4 aliphatic rings. The number of imide groups is 1. The largest absolute Gasteiger partial charge is 0.492 e. The first kappa shape index (κ1) is 35.9. The molecule has 0 radical (unpaired) electrons. The summed E-state index contributed by atoms with van der Waals surface area (Å²) in [6.45, 7) is 7.15. The molecule has 1 unspecified atom stereocenters. The van der Waals surface area contributed by atoms with Gasteiger partial charge in [0.2, 0.25) is 0 Å². The third-order valence-corrected chi connectivity index (χ3v) is 12.1. The van der Waals surface area contributed by atoms with E-state index in [0.29, 0.717) is 29.6 Å². The Labute approximate surface area is 331 Å². The van der Waals surface area contributed by atoms with E-state index < -0.39 is 23.6 Å². The minimum atomic E-state index is -0.913. The number of Topliss-reactive ketones (excluding diaryl/α,β-unsaturated/α-hetero) is 2. The van der Waals surface area contributed by atoms with Gasteiger partial charge in [0.1, 0.15) is 34.6 Å². The molecule has 0 N–H and O–H groups in total. The zero-order valence-electron chi connectivity index (χ0n) is 30.5. The standard InChI is InChI=1S/C42H34ClN7O5S/c1-23-35(56-42-37(23)39(27-7-9-28(43)10-8-27)45-18-36-47-46-24(2)49(36)42)15-12-29-11-6-25(17-44-29)19-48-20-26(21-48)22-55-34-5-3-4-31-38(34)41(54)50(40(31)53)32-14-13-30(51)16-33(32)52/h3-11,17,26,32H,13-14,16,18-22H2,1-2H3. The van der Waals surface area contributed by atoms with E-state index in [-0.39, 0.29) is 42.1 Å². The minimum absolute atomic E-state index is 0.161. The lowest BCUT2D eigenvalue weighted by atomic mass is 9.92. The third kappa shape index (κ3) is 6.43. The number of ether oxygens (including phenoxy) is 1. The van der Waals surface area contributed by atoms with Crippen LogP contribution in [0.4, 0.5) is 0 Å². The van der Waals surface area contributed by atoms with E-state index in [4.69, 9.17) is 21.3 Å². The van der Waals surface area contributed by atoms with Crippen LogP contribution in [-0.2, 0) is 22.7 Å². The van der Waals surface area contributed by atoms with E-state index in [0.717, 1.165) is 74.0 Å². The number of aromatic nitrogens is 4. The summed E-state index contributed by atoms with van der Waals surface area (Å²) >= 11 is 7.80. The lowest BCUT2D eigenvalue weighted by Crippen LogP contribution is -2.48. The molecule has 5 aromatic rings. The van der Waals surface area contributed by atoms with Crippen LogP contribution in [-0.4, -0.2) is 84.4 Å². The molecule has 3 aliphatic heterocycles. The maximum Gasteiger partial charge on any atom is 0.266 e. The summed E-state index contributed by atoms with van der Waals surface area (Å²) in [5, 5.41) is 10.4. The van der Waals surface area contributed by atoms with E-state index in [9.17, 15) is 19.2 Å². The lowest BCUT2D eigenvalue weighted by Gasteiger charge is -2.39. The number of carbonyl (C=O) groups excluding carboxylic acids is 4. The van der Waals surface area contributed by atoms with Gasteiger partial charge < -0.3 is 4.74 Å². The van der Waals surface area contributed by atoms with Crippen molar-refractivity contribution >= 4 is 52.0 Å². The maximum atomic E-state index is 13.4. The average Bonchev–Trinajstić information content (AvgIpc) is 3.74. The van der Waals surface area contributed by atoms with Gasteiger partial charge in [0.25, 0.3) is 11.8 Å². The number of rotatable bonds is 7. The van der Waals surface area contributed by atoms with Crippen LogP contribution in [0.1, 0.15) is 84.5 Å². The van der Waals surface area contributed by atoms with Crippen molar-refractivity contribution in [3.63, 3.8) is 0 Å². The second-order valence-electron chi connectivity index (χ2n) is 14.5. The van der Waals surface area contributed by atoms with E-state index in [1.165, 1.54) is 0 Å². The third-order valence-electron chi connectivity index (χ3n) is 10.7. The summed E-state index contributed by atoms with van der Waals surface area (Å²) in [7, 11) is 0. The minimum Gasteiger partial charge on any atom is -0.492 e. The Kier molecular flexibility index (Phi) is 9.20. The van der Waals surface area contributed by atoms with E-state index in [1.54, 1.807) is 29.5 Å². The number of aryl methyl sites for hydroxylation is 1. The van der Waals surface area contributed by atoms with Crippen molar-refractivity contribution in [1.82, 2.24) is 29.5 Å². The van der Waals surface area contributed by atoms with Gasteiger partial charge in [0.05, 0.1) is 40.8 Å². The lowest BCUT2D eigenvalue weighted by molar-refractivity contribution is -0.132. The zero-order valence-corrected chi connectivity index (χ0v) is 32.1. The van der Waals surface area contributed by atoms with E-state index in [2.05, 4.69) is 43.4 Å². The fourth-order valence-electron chi connectivity index (χ4n) is 7.80. The quantitative estimate of drug-likeness (QED) is 0.118. The van der Waals surface area contributed by atoms with E-state index >= 15 is 0 Å². The molecule has 2 aromatic carbocycles. The Morgan fingerprint density at radius 2 is 1.77 bits per heavy atom. The molecule has 12 nitrogen and oxygen atoms in total. The highest BCUT2D eigenvalue weighted by Crippen LogP contribution is 2.37. The monoisotopic (exact) mass is 783 g/mol. The summed E-state index contributed by atoms with van der Waals surface area (Å²) < 4.78 is 8.18. The van der Waals surface area contributed by atoms with Crippen LogP contribution in [0.15, 0.2) is 65.8 Å². The molecule has 56 heavy (non-hydrogen) atoms. The number of nitrogens with zero attached hydrogens (tertiary/aromatic N) is 7. The normalized spacial score (nSPS) is 18.1. The second kappa shape index (κ2) is 14.4. The SMILES string of the molecule is Cc1c(C#Cc2ccc(CN3CC(COc4cccc5c4C(=O)N(C4CCC(=O)CC4=O)C5=O)C3)cn2)sc2c1C(c1ccc(Cl)cc1)=NCc1nnc(C)n1-2. The van der Waals surface area contributed by atoms with Crippen molar-refractivity contribution in [1.29, 1.82) is 0 Å². The summed E-state index contributed by atoms with van der Waals surface area (Å²) in [5.74, 6) is 7.17. The van der Waals surface area contributed by atoms with Crippen LogP contribution < -0.4 is 4.74 Å². The zero-order chi connectivity index (χ0) is 38.7. The molecule has 1 saturated heterocycles. The number of hydrogen-bond acceptors (Lipinski definition) is 11. The summed E-state index contributed by atoms with van der Waals surface area (Å²) in [4.78, 5) is 64.7. The molecule has 0 spiro atoms. The first-order chi connectivity index (χ1) is 27.1. The number of hydrogen-bond donors (Lipinski definition) is 0. The Bertz CT molecular complexity index is 2560. The number of benzene rings is 2. The number of pyridine rings is 1. The van der Waals surface area contributed by atoms with Gasteiger partial charge in [-0.2, -0.15) is 0 Å². The van der Waals surface area contributed by atoms with Gasteiger partial charge in [-0.25, -0.2) is 4.98 Å². The Hall–Kier alpha value is -5.81. The van der Waals surface area contributed by atoms with Crippen molar-refractivity contribution in [3.8, 4) is 22.6 Å². The highest BCUT2D eigenvalue weighted by Gasteiger charge is 2.46. The van der Waals surface area contributed by atoms with Crippen LogP contribution in [0.3, 0.4) is 0 Å². The van der Waals surface area contributed by atoms with Crippen molar-refractivity contribution in [2.75, 3.05) is 19.7 Å². The average molecular weight is 784 g/mol. The summed E-state index contributed by atoms with van der Waals surface area (Å²) in [5.41, 5.74) is 6.05. The van der Waals surface area contributed by atoms with Crippen LogP contribution in [0.2, 0.25) is 5.02 Å². The molecule has 2 fully saturated rings. The fraction of sp³-hybridized carbons (Fsp3) is 0.286. The van der Waals surface area contributed by atoms with Gasteiger partial charge in [-0.15, -0.1) is 21.5 Å². The van der Waals surface area contributed by atoms with Gasteiger partial charge in [-0.05, 0) is 73.6 Å². The van der Waals surface area contributed by atoms with Crippen molar-refractivity contribution < 1.29 is 23.9 Å². The molecule has 1 aliphatic carbocycles. The highest BCUT2D eigenvalue weighted by molar-refractivity contribution is 7.15. The highest BCUT2D eigenvalue weighted by atomic mass is 35.5. The van der Waals surface area contributed by atoms with Crippen molar-refractivity contribution in [3.05, 3.63) is 121 Å². The molecular weight excluding hydrogens is 750 g/mol. The molecule has 6 heterocycles. The number of halogens is 1. The van der Waals surface area contributed by atoms with Gasteiger partial charge in [0, 0.05) is 54.3 Å². The second-order valence-corrected chi connectivity index (χ2v) is 15.9. The van der Waals surface area contributed by atoms with Gasteiger partial charge in [-0.3, -0.25) is 38.5 Å². The molecule has 2 amide bonds. The van der Waals surface area contributed by atoms with Crippen LogP contribution in [0.5, 0.6) is 5.75 Å². The molecule has 0 bridgehead atoms. The van der Waals surface area contributed by atoms with Gasteiger partial charge in [0.15, 0.2) is 11.6 Å². The van der Waals surface area contributed by atoms with Crippen LogP contribution in [0.25, 0.3) is 5.00 Å². The summed E-state index contributed by atoms with van der Waals surface area (Å²) in [6, 6.07) is 15.7. The number of aliphatic imine (C=N–C) groups is 1. The predicted octanol–water partition coefficient (Wildman–Crippen LogP) is 5.54. The molecule has 3 aromatic heterocycles. The first-order valence-corrected chi connectivity index (χ1v) is 19.5. The summed E-state index contributed by atoms with van der Waals surface area (Å²) in [6.07, 6.45) is 1.94. The molecular formula is C42H34ClN7O5S. The first-order valence-electron chi connectivity index (χ1n) is 18.4. The number of amides is 2. The van der Waals surface area contributed by atoms with Crippen molar-refractivity contribution in [2.24, 2.45) is 10.9 Å². The molecule has 14 heteroatoms. The molecule has 1 atom stereocenters. The molecule has 1 saturated carbocycles. The number of thiophene rings is 1. The number of fused-ring (bicyclic) bond motifs is 4. The molecule has 9 rings (SSSR count). The van der Waals surface area contributed by atoms with Crippen LogP contribution >= 0.6 is 22.9 Å². The van der Waals surface area contributed by atoms with Gasteiger partial charge >= 0.3 is 0 Å². The maximum absolute atomic E-state index is 13.4. The fourth-order valence-corrected chi connectivity index (χ4v) is 9.15. The Morgan fingerprint density at radius 3 is 2.54 bits per heavy atom. The van der Waals surface area contributed by atoms with Gasteiger partial charge in [-0.1, -0.05) is 35.9 Å². The Morgan fingerprint density at radius 1 is 0.946 bits per heavy atom. The predicted molar refractivity (Wildman–Crippen MR) is 209 cm³/mol. The van der Waals surface area contributed by atoms with E-state index in [1.807, 2.05) is 49.5 Å². The number of likely N-dealkylation sites (tertiary alicyclic amines) is 1. The topological polar surface area (TPSA) is 140 Å². The molecule has 280 valence electrons. The Balaban J connectivity index is 0.832. The number of ketones is 2. The smallest absolute Gasteiger partial charge is 0.266 e. The van der Waals surface area contributed by atoms with Crippen LogP contribution in [0, 0.1) is 31.6 Å². The number of carbonyl (C=O) groups is 4. The van der Waals surface area contributed by atoms with Crippen molar-refractivity contribution in [2.45, 2.75) is 52.2 Å².